The van der Waals surface area contributed by atoms with Crippen molar-refractivity contribution in [2.24, 2.45) is 4.99 Å². The predicted molar refractivity (Wildman–Crippen MR) is 38.8 cm³/mol. The van der Waals surface area contributed by atoms with E-state index in [9.17, 15) is 9.59 Å². The molecule has 0 aromatic carbocycles. The van der Waals surface area contributed by atoms with Gasteiger partial charge in [0, 0.05) is 6.92 Å². The number of esters is 1. The fraction of sp³-hybridized carbons (Fsp3) is 0.714. The Bertz CT molecular complexity index is 184. The molecule has 0 saturated carbocycles. The molecular weight excluding hydrogens is 146 g/mol. The minimum Gasteiger partial charge on any atom is -0.461 e. The van der Waals surface area contributed by atoms with E-state index in [1.54, 1.807) is 13.8 Å². The molecule has 0 aliphatic heterocycles. The Morgan fingerprint density at radius 2 is 2.09 bits per heavy atom. The second kappa shape index (κ2) is 4.63. The first kappa shape index (κ1) is 9.85. The number of hydrogen-bond donors (Lipinski definition) is 0. The van der Waals surface area contributed by atoms with Crippen molar-refractivity contribution in [3.8, 4) is 0 Å². The van der Waals surface area contributed by atoms with Gasteiger partial charge in [-0.05, 0) is 13.8 Å². The zero-order valence-electron chi connectivity index (χ0n) is 6.83. The summed E-state index contributed by atoms with van der Waals surface area (Å²) in [6, 6.07) is -0.323. The van der Waals surface area contributed by atoms with E-state index in [2.05, 4.69) is 4.99 Å². The smallest absolute Gasteiger partial charge is 0.302 e. The number of rotatable bonds is 3. The topological polar surface area (TPSA) is 55.7 Å². The molecule has 0 bridgehead atoms. The van der Waals surface area contributed by atoms with E-state index in [0.717, 1.165) is 0 Å². The van der Waals surface area contributed by atoms with Gasteiger partial charge in [-0.2, -0.15) is 4.99 Å². The normalized spacial score (nSPS) is 14.5. The van der Waals surface area contributed by atoms with Crippen LogP contribution in [0.4, 0.5) is 0 Å². The lowest BCUT2D eigenvalue weighted by molar-refractivity contribution is -0.146. The fourth-order valence-electron chi connectivity index (χ4n) is 0.548. The Balaban J connectivity index is 3.91. The summed E-state index contributed by atoms with van der Waals surface area (Å²) in [5, 5.41) is 0. The van der Waals surface area contributed by atoms with Gasteiger partial charge >= 0.3 is 5.97 Å². The molecule has 4 nitrogen and oxygen atoms in total. The van der Waals surface area contributed by atoms with Crippen LogP contribution in [0.15, 0.2) is 4.99 Å². The van der Waals surface area contributed by atoms with Crippen LogP contribution in [0, 0.1) is 0 Å². The van der Waals surface area contributed by atoms with Crippen molar-refractivity contribution >= 4 is 12.0 Å². The van der Waals surface area contributed by atoms with Crippen LogP contribution < -0.4 is 0 Å². The van der Waals surface area contributed by atoms with Crippen LogP contribution in [-0.4, -0.2) is 24.2 Å². The fourth-order valence-corrected chi connectivity index (χ4v) is 0.548. The number of nitrogens with zero attached hydrogens (tertiary/aromatic N) is 1. The first-order valence-electron chi connectivity index (χ1n) is 3.32. The lowest BCUT2D eigenvalue weighted by atomic mass is 10.2. The van der Waals surface area contributed by atoms with Crippen molar-refractivity contribution in [3.63, 3.8) is 0 Å². The Morgan fingerprint density at radius 3 is 2.45 bits per heavy atom. The summed E-state index contributed by atoms with van der Waals surface area (Å²) in [7, 11) is 0. The van der Waals surface area contributed by atoms with Gasteiger partial charge in [-0.15, -0.1) is 0 Å². The van der Waals surface area contributed by atoms with Crippen LogP contribution in [0.3, 0.4) is 0 Å². The third-order valence-corrected chi connectivity index (χ3v) is 1.29. The first-order chi connectivity index (χ1) is 5.07. The predicted octanol–water partition coefficient (Wildman–Crippen LogP) is 0.662. The highest BCUT2D eigenvalue weighted by Gasteiger charge is 2.12. The molecule has 2 unspecified atom stereocenters. The van der Waals surface area contributed by atoms with Gasteiger partial charge in [0.15, 0.2) is 0 Å². The van der Waals surface area contributed by atoms with Crippen molar-refractivity contribution in [2.75, 3.05) is 0 Å². The SMILES string of the molecule is CC(=O)OC(C)C(C)N=C=O. The molecule has 0 fully saturated rings. The standard InChI is InChI=1S/C7H11NO3/c1-5(8-4-9)6(2)11-7(3)10/h5-6H,1-3H3. The maximum Gasteiger partial charge on any atom is 0.302 e. The van der Waals surface area contributed by atoms with Crippen LogP contribution in [0.2, 0.25) is 0 Å². The summed E-state index contributed by atoms with van der Waals surface area (Å²) < 4.78 is 4.75. The van der Waals surface area contributed by atoms with E-state index >= 15 is 0 Å². The number of ether oxygens (including phenoxy) is 1. The molecule has 0 rings (SSSR count). The molecule has 11 heavy (non-hydrogen) atoms. The number of isocyanates is 1. The van der Waals surface area contributed by atoms with Gasteiger partial charge in [-0.25, -0.2) is 4.79 Å². The summed E-state index contributed by atoms with van der Waals surface area (Å²) in [6.45, 7) is 4.67. The van der Waals surface area contributed by atoms with Crippen LogP contribution in [0.5, 0.6) is 0 Å². The zero-order valence-corrected chi connectivity index (χ0v) is 6.83. The number of aliphatic imine (C=N–C) groups is 1. The lowest BCUT2D eigenvalue weighted by Gasteiger charge is -2.13. The number of carbonyl (C=O) groups excluding carboxylic acids is 2. The van der Waals surface area contributed by atoms with Crippen molar-refractivity contribution in [3.05, 3.63) is 0 Å². The molecule has 0 heterocycles. The molecule has 0 aliphatic rings. The van der Waals surface area contributed by atoms with Crippen LogP contribution >= 0.6 is 0 Å². The third kappa shape index (κ3) is 4.28. The van der Waals surface area contributed by atoms with E-state index in [1.165, 1.54) is 13.0 Å². The van der Waals surface area contributed by atoms with E-state index in [1.807, 2.05) is 0 Å². The average Bonchev–Trinajstić information content (AvgIpc) is 1.86. The average molecular weight is 157 g/mol. The molecular formula is C7H11NO3. The molecule has 0 amide bonds. The molecule has 0 saturated heterocycles. The van der Waals surface area contributed by atoms with Gasteiger partial charge in [0.25, 0.3) is 0 Å². The maximum atomic E-state index is 10.4. The van der Waals surface area contributed by atoms with Gasteiger partial charge in [-0.1, -0.05) is 0 Å². The zero-order chi connectivity index (χ0) is 8.85. The monoisotopic (exact) mass is 157 g/mol. The highest BCUT2D eigenvalue weighted by atomic mass is 16.5. The highest BCUT2D eigenvalue weighted by Crippen LogP contribution is 2.01. The van der Waals surface area contributed by atoms with Gasteiger partial charge in [-0.3, -0.25) is 4.79 Å². The van der Waals surface area contributed by atoms with E-state index < -0.39 is 0 Å². The Kier molecular flexibility index (Phi) is 4.15. The highest BCUT2D eigenvalue weighted by molar-refractivity contribution is 5.66. The van der Waals surface area contributed by atoms with Gasteiger partial charge in [0.2, 0.25) is 6.08 Å². The molecule has 0 aliphatic carbocycles. The molecule has 4 heteroatoms. The van der Waals surface area contributed by atoms with Crippen LogP contribution in [-0.2, 0) is 14.3 Å². The largest absolute Gasteiger partial charge is 0.461 e. The molecule has 0 N–H and O–H groups in total. The molecule has 0 spiro atoms. The number of carbonyl (C=O) groups is 1. The Labute approximate surface area is 65.3 Å². The van der Waals surface area contributed by atoms with Crippen molar-refractivity contribution in [1.29, 1.82) is 0 Å². The Hall–Kier alpha value is -1.15. The third-order valence-electron chi connectivity index (χ3n) is 1.29. The van der Waals surface area contributed by atoms with Gasteiger partial charge < -0.3 is 4.74 Å². The maximum absolute atomic E-state index is 10.4. The molecule has 0 aromatic heterocycles. The van der Waals surface area contributed by atoms with Crippen LogP contribution in [0.25, 0.3) is 0 Å². The first-order valence-corrected chi connectivity index (χ1v) is 3.32. The quantitative estimate of drug-likeness (QED) is 0.343. The van der Waals surface area contributed by atoms with Gasteiger partial charge in [0.1, 0.15) is 6.10 Å². The minimum atomic E-state index is -0.370. The second-order valence-electron chi connectivity index (χ2n) is 2.28. The summed E-state index contributed by atoms with van der Waals surface area (Å²) in [5.74, 6) is -0.370. The summed E-state index contributed by atoms with van der Waals surface area (Å²) >= 11 is 0. The van der Waals surface area contributed by atoms with E-state index in [0.29, 0.717) is 0 Å². The second-order valence-corrected chi connectivity index (χ2v) is 2.28. The molecule has 2 atom stereocenters. The minimum absolute atomic E-state index is 0.323. The summed E-state index contributed by atoms with van der Waals surface area (Å²) in [6.07, 6.45) is 1.04. The van der Waals surface area contributed by atoms with Crippen molar-refractivity contribution in [2.45, 2.75) is 32.9 Å². The summed E-state index contributed by atoms with van der Waals surface area (Å²) in [4.78, 5) is 23.6. The van der Waals surface area contributed by atoms with Crippen molar-refractivity contribution in [1.82, 2.24) is 0 Å². The summed E-state index contributed by atoms with van der Waals surface area (Å²) in [5.41, 5.74) is 0. The van der Waals surface area contributed by atoms with E-state index in [-0.39, 0.29) is 18.1 Å². The molecule has 0 aromatic rings. The van der Waals surface area contributed by atoms with Crippen LogP contribution in [0.1, 0.15) is 20.8 Å². The van der Waals surface area contributed by atoms with E-state index in [4.69, 9.17) is 4.74 Å². The molecule has 0 radical (unpaired) electrons. The van der Waals surface area contributed by atoms with Gasteiger partial charge in [0.05, 0.1) is 6.04 Å². The lowest BCUT2D eigenvalue weighted by Crippen LogP contribution is -2.23. The Morgan fingerprint density at radius 1 is 1.55 bits per heavy atom. The molecule has 62 valence electrons. The van der Waals surface area contributed by atoms with Crippen molar-refractivity contribution < 1.29 is 14.3 Å². The number of hydrogen-bond acceptors (Lipinski definition) is 4.